The van der Waals surface area contributed by atoms with Crippen LogP contribution in [0.1, 0.15) is 41.6 Å². The van der Waals surface area contributed by atoms with Crippen LogP contribution in [0.2, 0.25) is 0 Å². The molecule has 1 aromatic carbocycles. The molecule has 1 aliphatic rings. The molecule has 0 saturated heterocycles. The number of rotatable bonds is 5. The van der Waals surface area contributed by atoms with Crippen molar-refractivity contribution in [2.24, 2.45) is 5.73 Å². The van der Waals surface area contributed by atoms with Crippen molar-refractivity contribution in [1.29, 1.82) is 0 Å². The van der Waals surface area contributed by atoms with Crippen LogP contribution in [-0.2, 0) is 0 Å². The molecule has 0 aliphatic heterocycles. The third kappa shape index (κ3) is 3.02. The van der Waals surface area contributed by atoms with Crippen LogP contribution < -0.4 is 5.73 Å². The van der Waals surface area contributed by atoms with E-state index in [-0.39, 0.29) is 6.04 Å². The van der Waals surface area contributed by atoms with Crippen molar-refractivity contribution in [2.75, 3.05) is 5.75 Å². The lowest BCUT2D eigenvalue weighted by atomic mass is 10.0. The van der Waals surface area contributed by atoms with Crippen LogP contribution in [-0.4, -0.2) is 26.0 Å². The van der Waals surface area contributed by atoms with E-state index in [1.807, 2.05) is 4.68 Å². The van der Waals surface area contributed by atoms with Crippen LogP contribution in [0, 0.1) is 13.8 Å². The van der Waals surface area contributed by atoms with Crippen molar-refractivity contribution in [1.82, 2.24) is 20.2 Å². The molecule has 0 spiro atoms. The number of nitrogens with two attached hydrogens (primary N) is 1. The first-order chi connectivity index (χ1) is 9.63. The second kappa shape index (κ2) is 5.54. The molecule has 0 amide bonds. The fourth-order valence-corrected chi connectivity index (χ4v) is 3.25. The number of thioether (sulfide) groups is 1. The molecule has 0 radical (unpaired) electrons. The van der Waals surface area contributed by atoms with Gasteiger partial charge in [0.1, 0.15) is 0 Å². The van der Waals surface area contributed by atoms with Crippen molar-refractivity contribution in [3.63, 3.8) is 0 Å². The van der Waals surface area contributed by atoms with Crippen LogP contribution >= 0.6 is 11.8 Å². The van der Waals surface area contributed by atoms with Gasteiger partial charge >= 0.3 is 0 Å². The van der Waals surface area contributed by atoms with E-state index < -0.39 is 0 Å². The van der Waals surface area contributed by atoms with Gasteiger partial charge in [-0.15, -0.1) is 5.10 Å². The smallest absolute Gasteiger partial charge is 0.209 e. The largest absolute Gasteiger partial charge is 0.323 e. The molecule has 1 unspecified atom stereocenters. The highest BCUT2D eigenvalue weighted by molar-refractivity contribution is 7.99. The van der Waals surface area contributed by atoms with E-state index in [1.165, 1.54) is 29.5 Å². The number of hydrogen-bond acceptors (Lipinski definition) is 5. The first-order valence-corrected chi connectivity index (χ1v) is 7.86. The molecule has 1 aliphatic carbocycles. The number of tetrazole rings is 1. The lowest BCUT2D eigenvalue weighted by molar-refractivity contribution is 0.565. The van der Waals surface area contributed by atoms with Crippen LogP contribution in [0.15, 0.2) is 23.4 Å². The van der Waals surface area contributed by atoms with E-state index >= 15 is 0 Å². The molecule has 0 bridgehead atoms. The zero-order valence-electron chi connectivity index (χ0n) is 11.8. The molecular weight excluding hydrogens is 270 g/mol. The van der Waals surface area contributed by atoms with E-state index in [1.54, 1.807) is 11.8 Å². The number of aryl methyl sites for hydroxylation is 2. The zero-order valence-corrected chi connectivity index (χ0v) is 12.6. The highest BCUT2D eigenvalue weighted by atomic mass is 32.2. The SMILES string of the molecule is Cc1cc(C)cc(C(N)CSc2nnnn2C2CC2)c1. The summed E-state index contributed by atoms with van der Waals surface area (Å²) >= 11 is 1.64. The monoisotopic (exact) mass is 289 g/mol. The number of aromatic nitrogens is 4. The number of nitrogens with zero attached hydrogens (tertiary/aromatic N) is 4. The standard InChI is InChI=1S/C14H19N5S/c1-9-5-10(2)7-11(6-9)13(15)8-20-14-16-17-18-19(14)12-3-4-12/h5-7,12-13H,3-4,8,15H2,1-2H3. The third-order valence-electron chi connectivity index (χ3n) is 3.42. The summed E-state index contributed by atoms with van der Waals surface area (Å²) in [6.07, 6.45) is 2.36. The Labute approximate surface area is 122 Å². The van der Waals surface area contributed by atoms with E-state index in [4.69, 9.17) is 5.73 Å². The molecular formula is C14H19N5S. The molecule has 2 aromatic rings. The van der Waals surface area contributed by atoms with Crippen molar-refractivity contribution in [3.8, 4) is 0 Å². The second-order valence-electron chi connectivity index (χ2n) is 5.48. The van der Waals surface area contributed by atoms with Crippen molar-refractivity contribution in [3.05, 3.63) is 34.9 Å². The predicted octanol–water partition coefficient (Wildman–Crippen LogP) is 2.42. The van der Waals surface area contributed by atoms with Gasteiger partial charge in [-0.1, -0.05) is 41.1 Å². The minimum atomic E-state index is 0.00273. The summed E-state index contributed by atoms with van der Waals surface area (Å²) in [7, 11) is 0. The van der Waals surface area contributed by atoms with Gasteiger partial charge in [0.15, 0.2) is 0 Å². The molecule has 2 N–H and O–H groups in total. The Hall–Kier alpha value is -1.40. The molecule has 1 atom stereocenters. The Balaban J connectivity index is 1.66. The average molecular weight is 289 g/mol. The maximum Gasteiger partial charge on any atom is 0.209 e. The molecule has 1 heterocycles. The molecule has 5 nitrogen and oxygen atoms in total. The van der Waals surface area contributed by atoms with Gasteiger partial charge in [0.05, 0.1) is 6.04 Å². The summed E-state index contributed by atoms with van der Waals surface area (Å²) in [4.78, 5) is 0. The molecule has 6 heteroatoms. The Morgan fingerprint density at radius 1 is 1.30 bits per heavy atom. The van der Waals surface area contributed by atoms with Crippen LogP contribution in [0.5, 0.6) is 0 Å². The van der Waals surface area contributed by atoms with E-state index in [9.17, 15) is 0 Å². The fourth-order valence-electron chi connectivity index (χ4n) is 2.31. The quantitative estimate of drug-likeness (QED) is 0.856. The lowest BCUT2D eigenvalue weighted by Gasteiger charge is -2.13. The zero-order chi connectivity index (χ0) is 14.1. The first kappa shape index (κ1) is 13.6. The van der Waals surface area contributed by atoms with Crippen LogP contribution in [0.3, 0.4) is 0 Å². The van der Waals surface area contributed by atoms with Crippen molar-refractivity contribution in [2.45, 2.75) is 43.9 Å². The first-order valence-electron chi connectivity index (χ1n) is 6.88. The van der Waals surface area contributed by atoms with Crippen molar-refractivity contribution < 1.29 is 0 Å². The Morgan fingerprint density at radius 2 is 2.00 bits per heavy atom. The normalized spacial score (nSPS) is 16.4. The van der Waals surface area contributed by atoms with Gasteiger partial charge in [0, 0.05) is 11.8 Å². The second-order valence-corrected chi connectivity index (χ2v) is 6.46. The summed E-state index contributed by atoms with van der Waals surface area (Å²) < 4.78 is 1.93. The maximum absolute atomic E-state index is 6.29. The Morgan fingerprint density at radius 3 is 2.65 bits per heavy atom. The molecule has 1 fully saturated rings. The van der Waals surface area contributed by atoms with Crippen molar-refractivity contribution >= 4 is 11.8 Å². The van der Waals surface area contributed by atoms with Crippen LogP contribution in [0.25, 0.3) is 0 Å². The Bertz CT molecular complexity index is 585. The van der Waals surface area contributed by atoms with Gasteiger partial charge in [-0.25, -0.2) is 4.68 Å². The number of benzene rings is 1. The highest BCUT2D eigenvalue weighted by Crippen LogP contribution is 2.36. The molecule has 1 saturated carbocycles. The molecule has 20 heavy (non-hydrogen) atoms. The molecule has 1 aromatic heterocycles. The molecule has 3 rings (SSSR count). The van der Waals surface area contributed by atoms with Gasteiger partial charge in [0.25, 0.3) is 0 Å². The van der Waals surface area contributed by atoms with Crippen LogP contribution in [0.4, 0.5) is 0 Å². The lowest BCUT2D eigenvalue weighted by Crippen LogP contribution is -2.14. The predicted molar refractivity (Wildman–Crippen MR) is 79.7 cm³/mol. The molecule has 106 valence electrons. The third-order valence-corrected chi connectivity index (χ3v) is 4.47. The summed E-state index contributed by atoms with van der Waals surface area (Å²) in [6.45, 7) is 4.20. The summed E-state index contributed by atoms with van der Waals surface area (Å²) in [5.74, 6) is 0.788. The summed E-state index contributed by atoms with van der Waals surface area (Å²) in [6, 6.07) is 6.98. The minimum Gasteiger partial charge on any atom is -0.323 e. The fraction of sp³-hybridized carbons (Fsp3) is 0.500. The van der Waals surface area contributed by atoms with Gasteiger partial charge in [-0.05, 0) is 42.7 Å². The van der Waals surface area contributed by atoms with Gasteiger partial charge in [-0.3, -0.25) is 0 Å². The topological polar surface area (TPSA) is 69.6 Å². The average Bonchev–Trinajstić information content (AvgIpc) is 3.14. The minimum absolute atomic E-state index is 0.00273. The Kier molecular flexibility index (Phi) is 3.76. The van der Waals surface area contributed by atoms with E-state index in [0.29, 0.717) is 6.04 Å². The summed E-state index contributed by atoms with van der Waals surface area (Å²) in [5.41, 5.74) is 9.98. The van der Waals surface area contributed by atoms with E-state index in [0.717, 1.165) is 10.9 Å². The van der Waals surface area contributed by atoms with Gasteiger partial charge in [-0.2, -0.15) is 0 Å². The highest BCUT2D eigenvalue weighted by Gasteiger charge is 2.28. The number of hydrogen-bond donors (Lipinski definition) is 1. The van der Waals surface area contributed by atoms with Gasteiger partial charge in [0.2, 0.25) is 5.16 Å². The summed E-state index contributed by atoms with van der Waals surface area (Å²) in [5, 5.41) is 12.8. The van der Waals surface area contributed by atoms with Gasteiger partial charge < -0.3 is 5.73 Å². The maximum atomic E-state index is 6.29. The van der Waals surface area contributed by atoms with E-state index in [2.05, 4.69) is 47.6 Å².